The maximum Gasteiger partial charge on any atom is 0.127 e. The Kier molecular flexibility index (Phi) is 4.12. The van der Waals surface area contributed by atoms with Gasteiger partial charge in [-0.3, -0.25) is 0 Å². The van der Waals surface area contributed by atoms with Gasteiger partial charge in [0.2, 0.25) is 0 Å². The van der Waals surface area contributed by atoms with Crippen molar-refractivity contribution in [3.05, 3.63) is 39.8 Å². The number of benzene rings is 1. The highest BCUT2D eigenvalue weighted by Gasteiger charge is 2.24. The number of hydrogen-bond acceptors (Lipinski definition) is 5. The van der Waals surface area contributed by atoms with Crippen molar-refractivity contribution in [3.63, 3.8) is 0 Å². The molecular weight excluding hydrogens is 284 g/mol. The first kappa shape index (κ1) is 14.4. The highest BCUT2D eigenvalue weighted by atomic mass is 32.1. The van der Waals surface area contributed by atoms with Crippen molar-refractivity contribution in [2.45, 2.75) is 32.4 Å². The fourth-order valence-corrected chi connectivity index (χ4v) is 3.43. The first-order valence-corrected chi connectivity index (χ1v) is 7.98. The molecule has 0 saturated carbocycles. The first-order valence-electron chi connectivity index (χ1n) is 7.16. The summed E-state index contributed by atoms with van der Waals surface area (Å²) in [5, 5.41) is 4.80. The van der Waals surface area contributed by atoms with Gasteiger partial charge in [-0.1, -0.05) is 6.07 Å². The van der Waals surface area contributed by atoms with Crippen molar-refractivity contribution in [1.82, 2.24) is 10.3 Å². The van der Waals surface area contributed by atoms with Crippen LogP contribution >= 0.6 is 11.3 Å². The second-order valence-electron chi connectivity index (χ2n) is 5.26. The lowest BCUT2D eigenvalue weighted by molar-refractivity contribution is 0.245. The molecule has 21 heavy (non-hydrogen) atoms. The van der Waals surface area contributed by atoms with E-state index in [-0.39, 0.29) is 6.04 Å². The standard InChI is InChI=1S/C16H20N2O2S/c1-10(16-9-17-11(2)21-16)18-14-6-7-20-15-8-12(19-3)4-5-13(14)15/h4-5,8-10,14,18H,6-7H2,1-3H3. The smallest absolute Gasteiger partial charge is 0.127 e. The topological polar surface area (TPSA) is 43.4 Å². The van der Waals surface area contributed by atoms with Crippen molar-refractivity contribution in [1.29, 1.82) is 0 Å². The van der Waals surface area contributed by atoms with Crippen LogP contribution in [0.15, 0.2) is 24.4 Å². The van der Waals surface area contributed by atoms with Crippen LogP contribution in [0.5, 0.6) is 11.5 Å². The molecule has 2 atom stereocenters. The molecule has 4 nitrogen and oxygen atoms in total. The van der Waals surface area contributed by atoms with Gasteiger partial charge in [0.15, 0.2) is 0 Å². The third kappa shape index (κ3) is 3.04. The monoisotopic (exact) mass is 304 g/mol. The molecule has 0 bridgehead atoms. The molecule has 2 unspecified atom stereocenters. The minimum absolute atomic E-state index is 0.286. The number of fused-ring (bicyclic) bond motifs is 1. The maximum atomic E-state index is 5.76. The predicted molar refractivity (Wildman–Crippen MR) is 84.2 cm³/mol. The molecule has 0 amide bonds. The molecule has 0 aliphatic carbocycles. The van der Waals surface area contributed by atoms with E-state index < -0.39 is 0 Å². The summed E-state index contributed by atoms with van der Waals surface area (Å²) in [7, 11) is 1.68. The van der Waals surface area contributed by atoms with Crippen molar-refractivity contribution < 1.29 is 9.47 Å². The van der Waals surface area contributed by atoms with Crippen LogP contribution in [0.3, 0.4) is 0 Å². The van der Waals surface area contributed by atoms with Gasteiger partial charge in [-0.25, -0.2) is 4.98 Å². The molecule has 0 fully saturated rings. The Morgan fingerprint density at radius 1 is 1.48 bits per heavy atom. The molecule has 0 spiro atoms. The number of nitrogens with one attached hydrogen (secondary N) is 1. The van der Waals surface area contributed by atoms with Crippen LogP contribution in [0, 0.1) is 6.92 Å². The highest BCUT2D eigenvalue weighted by molar-refractivity contribution is 7.11. The van der Waals surface area contributed by atoms with E-state index in [2.05, 4.69) is 23.3 Å². The first-order chi connectivity index (χ1) is 10.2. The molecule has 1 aromatic carbocycles. The van der Waals surface area contributed by atoms with Gasteiger partial charge in [0.1, 0.15) is 11.5 Å². The molecular formula is C16H20N2O2S. The minimum atomic E-state index is 0.286. The Labute approximate surface area is 129 Å². The van der Waals surface area contributed by atoms with Crippen molar-refractivity contribution in [2.75, 3.05) is 13.7 Å². The molecule has 2 heterocycles. The molecule has 0 saturated heterocycles. The normalized spacial score (nSPS) is 18.7. The zero-order chi connectivity index (χ0) is 14.8. The van der Waals surface area contributed by atoms with Gasteiger partial charge in [-0.05, 0) is 19.9 Å². The lowest BCUT2D eigenvalue weighted by atomic mass is 9.99. The van der Waals surface area contributed by atoms with Crippen LogP contribution in [-0.4, -0.2) is 18.7 Å². The number of ether oxygens (including phenoxy) is 2. The van der Waals surface area contributed by atoms with Gasteiger partial charge < -0.3 is 14.8 Å². The number of aromatic nitrogens is 1. The van der Waals surface area contributed by atoms with Crippen LogP contribution in [0.2, 0.25) is 0 Å². The Hall–Kier alpha value is -1.59. The van der Waals surface area contributed by atoms with Gasteiger partial charge in [-0.2, -0.15) is 0 Å². The molecule has 1 aliphatic heterocycles. The van der Waals surface area contributed by atoms with E-state index in [1.807, 2.05) is 25.3 Å². The van der Waals surface area contributed by atoms with Crippen LogP contribution in [0.4, 0.5) is 0 Å². The van der Waals surface area contributed by atoms with Gasteiger partial charge >= 0.3 is 0 Å². The Bertz CT molecular complexity index is 626. The van der Waals surface area contributed by atoms with E-state index in [4.69, 9.17) is 9.47 Å². The summed E-state index contributed by atoms with van der Waals surface area (Å²) in [6.07, 6.45) is 2.94. The van der Waals surface area contributed by atoms with Crippen molar-refractivity contribution >= 4 is 11.3 Å². The zero-order valence-electron chi connectivity index (χ0n) is 12.6. The van der Waals surface area contributed by atoms with E-state index in [1.54, 1.807) is 18.4 Å². The summed E-state index contributed by atoms with van der Waals surface area (Å²) < 4.78 is 11.0. The minimum Gasteiger partial charge on any atom is -0.497 e. The highest BCUT2D eigenvalue weighted by Crippen LogP contribution is 2.36. The lowest BCUT2D eigenvalue weighted by Crippen LogP contribution is -2.29. The fraction of sp³-hybridized carbons (Fsp3) is 0.438. The van der Waals surface area contributed by atoms with Gasteiger partial charge in [-0.15, -0.1) is 11.3 Å². The molecule has 112 valence electrons. The summed E-state index contributed by atoms with van der Waals surface area (Å²) in [4.78, 5) is 5.61. The van der Waals surface area contributed by atoms with Gasteiger partial charge in [0, 0.05) is 41.2 Å². The van der Waals surface area contributed by atoms with Crippen LogP contribution < -0.4 is 14.8 Å². The summed E-state index contributed by atoms with van der Waals surface area (Å²) >= 11 is 1.75. The zero-order valence-corrected chi connectivity index (χ0v) is 13.4. The summed E-state index contributed by atoms with van der Waals surface area (Å²) in [6, 6.07) is 6.63. The number of thiazole rings is 1. The van der Waals surface area contributed by atoms with Crippen LogP contribution in [-0.2, 0) is 0 Å². The molecule has 3 rings (SSSR count). The number of aryl methyl sites for hydroxylation is 1. The number of methoxy groups -OCH3 is 1. The number of hydrogen-bond donors (Lipinski definition) is 1. The average Bonchev–Trinajstić information content (AvgIpc) is 2.93. The van der Waals surface area contributed by atoms with E-state index in [1.165, 1.54) is 10.4 Å². The molecule has 1 aliphatic rings. The number of rotatable bonds is 4. The Morgan fingerprint density at radius 2 is 2.33 bits per heavy atom. The van der Waals surface area contributed by atoms with Crippen molar-refractivity contribution in [2.24, 2.45) is 0 Å². The predicted octanol–water partition coefficient (Wildman–Crippen LogP) is 3.63. The third-order valence-electron chi connectivity index (χ3n) is 3.78. The summed E-state index contributed by atoms with van der Waals surface area (Å²) in [5.74, 6) is 1.76. The second kappa shape index (κ2) is 6.03. The maximum absolute atomic E-state index is 5.76. The molecule has 2 aromatic rings. The van der Waals surface area contributed by atoms with Crippen LogP contribution in [0.1, 0.15) is 40.9 Å². The lowest BCUT2D eigenvalue weighted by Gasteiger charge is -2.29. The molecule has 5 heteroatoms. The third-order valence-corrected chi connectivity index (χ3v) is 4.87. The van der Waals surface area contributed by atoms with E-state index in [0.29, 0.717) is 6.04 Å². The molecule has 0 radical (unpaired) electrons. The van der Waals surface area contributed by atoms with Crippen molar-refractivity contribution in [3.8, 4) is 11.5 Å². The van der Waals surface area contributed by atoms with E-state index >= 15 is 0 Å². The Balaban J connectivity index is 1.78. The summed E-state index contributed by atoms with van der Waals surface area (Å²) in [6.45, 7) is 4.95. The van der Waals surface area contributed by atoms with Crippen LogP contribution in [0.25, 0.3) is 0 Å². The fourth-order valence-electron chi connectivity index (χ4n) is 2.63. The average molecular weight is 304 g/mol. The van der Waals surface area contributed by atoms with E-state index in [0.717, 1.165) is 29.5 Å². The Morgan fingerprint density at radius 3 is 3.05 bits per heavy atom. The SMILES string of the molecule is COc1ccc2c(c1)OCCC2NC(C)c1cnc(C)s1. The number of nitrogens with zero attached hydrogens (tertiary/aromatic N) is 1. The molecule has 1 aromatic heterocycles. The van der Waals surface area contributed by atoms with Gasteiger partial charge in [0.25, 0.3) is 0 Å². The molecule has 1 N–H and O–H groups in total. The van der Waals surface area contributed by atoms with Gasteiger partial charge in [0.05, 0.1) is 18.7 Å². The van der Waals surface area contributed by atoms with E-state index in [9.17, 15) is 0 Å². The quantitative estimate of drug-likeness (QED) is 0.936. The largest absolute Gasteiger partial charge is 0.497 e. The summed E-state index contributed by atoms with van der Waals surface area (Å²) in [5.41, 5.74) is 1.20. The second-order valence-corrected chi connectivity index (χ2v) is 6.53.